The molecule has 112 valence electrons. The third-order valence-electron chi connectivity index (χ3n) is 3.50. The average Bonchev–Trinajstić information content (AvgIpc) is 2.61. The van der Waals surface area contributed by atoms with Gasteiger partial charge in [-0.25, -0.2) is 0 Å². The molecule has 1 atom stereocenters. The molecule has 0 saturated heterocycles. The zero-order valence-corrected chi connectivity index (χ0v) is 12.2. The second kappa shape index (κ2) is 5.69. The van der Waals surface area contributed by atoms with Gasteiger partial charge in [0.05, 0.1) is 16.3 Å². The predicted molar refractivity (Wildman–Crippen MR) is 83.1 cm³/mol. The maximum Gasteiger partial charge on any atom is 0.254 e. The molecule has 0 bridgehead atoms. The van der Waals surface area contributed by atoms with Gasteiger partial charge in [0.1, 0.15) is 11.8 Å². The van der Waals surface area contributed by atoms with Crippen molar-refractivity contribution >= 4 is 29.1 Å². The molecule has 0 fully saturated rings. The lowest BCUT2D eigenvalue weighted by Crippen LogP contribution is -2.42. The topological polar surface area (TPSA) is 78.4 Å². The van der Waals surface area contributed by atoms with Crippen molar-refractivity contribution in [2.75, 3.05) is 5.32 Å². The van der Waals surface area contributed by atoms with E-state index in [4.69, 9.17) is 11.6 Å². The zero-order valence-electron chi connectivity index (χ0n) is 11.5. The first-order chi connectivity index (χ1) is 10.5. The molecule has 2 amide bonds. The van der Waals surface area contributed by atoms with Crippen molar-refractivity contribution < 1.29 is 14.7 Å². The summed E-state index contributed by atoms with van der Waals surface area (Å²) in [5, 5.41) is 15.1. The number of anilines is 1. The smallest absolute Gasteiger partial charge is 0.254 e. The summed E-state index contributed by atoms with van der Waals surface area (Å²) in [6, 6.07) is 10.8. The highest BCUT2D eigenvalue weighted by molar-refractivity contribution is 6.32. The highest BCUT2D eigenvalue weighted by Crippen LogP contribution is 2.25. The van der Waals surface area contributed by atoms with Crippen molar-refractivity contribution in [2.24, 2.45) is 0 Å². The Morgan fingerprint density at radius 1 is 1.14 bits per heavy atom. The molecule has 2 aromatic rings. The third kappa shape index (κ3) is 2.76. The van der Waals surface area contributed by atoms with Crippen LogP contribution in [0.1, 0.15) is 15.9 Å². The lowest BCUT2D eigenvalue weighted by Gasteiger charge is -2.15. The van der Waals surface area contributed by atoms with Crippen molar-refractivity contribution in [3.63, 3.8) is 0 Å². The Bertz CT molecular complexity index is 761. The molecule has 1 aliphatic heterocycles. The number of aromatic hydroxyl groups is 1. The number of hydrogen-bond acceptors (Lipinski definition) is 3. The number of phenols is 1. The van der Waals surface area contributed by atoms with Gasteiger partial charge in [-0.3, -0.25) is 9.59 Å². The van der Waals surface area contributed by atoms with Gasteiger partial charge in [0.25, 0.3) is 5.91 Å². The molecule has 0 radical (unpaired) electrons. The van der Waals surface area contributed by atoms with E-state index < -0.39 is 6.04 Å². The molecule has 0 unspecified atom stereocenters. The van der Waals surface area contributed by atoms with Crippen molar-refractivity contribution in [3.05, 3.63) is 58.6 Å². The molecule has 2 aromatic carbocycles. The lowest BCUT2D eigenvalue weighted by molar-refractivity contribution is -0.117. The van der Waals surface area contributed by atoms with E-state index in [1.54, 1.807) is 36.4 Å². The van der Waals surface area contributed by atoms with E-state index in [1.807, 2.05) is 0 Å². The Hall–Kier alpha value is -2.53. The largest absolute Gasteiger partial charge is 0.506 e. The molecular formula is C16H13ClN2O3. The molecule has 0 aromatic heterocycles. The first kappa shape index (κ1) is 14.4. The van der Waals surface area contributed by atoms with Crippen LogP contribution in [0.4, 0.5) is 5.69 Å². The number of phenolic OH excluding ortho intramolecular Hbond substituents is 1. The number of carbonyl (C=O) groups is 2. The molecule has 6 heteroatoms. The van der Waals surface area contributed by atoms with Gasteiger partial charge in [-0.05, 0) is 29.8 Å². The highest BCUT2D eigenvalue weighted by atomic mass is 35.5. The standard InChI is InChI=1S/C16H13ClN2O3/c17-11-7-9(5-6-14(11)20)8-13-16(22)18-12-4-2-1-3-10(12)15(21)19-13/h1-7,13,20H,8H2,(H,18,22)(H,19,21)/t13-/m1/s1. The van der Waals surface area contributed by atoms with Crippen LogP contribution in [0.25, 0.3) is 0 Å². The van der Waals surface area contributed by atoms with Gasteiger partial charge >= 0.3 is 0 Å². The minimum atomic E-state index is -0.708. The fourth-order valence-electron chi connectivity index (χ4n) is 2.37. The number of amides is 2. The number of para-hydroxylation sites is 1. The number of halogens is 1. The summed E-state index contributed by atoms with van der Waals surface area (Å²) >= 11 is 5.86. The van der Waals surface area contributed by atoms with Crippen LogP contribution in [0.3, 0.4) is 0 Å². The van der Waals surface area contributed by atoms with Crippen LogP contribution in [-0.2, 0) is 11.2 Å². The normalized spacial score (nSPS) is 17.2. The van der Waals surface area contributed by atoms with E-state index in [2.05, 4.69) is 10.6 Å². The van der Waals surface area contributed by atoms with E-state index in [0.29, 0.717) is 11.3 Å². The first-order valence-corrected chi connectivity index (χ1v) is 7.10. The minimum Gasteiger partial charge on any atom is -0.506 e. The van der Waals surface area contributed by atoms with Crippen LogP contribution in [0.2, 0.25) is 5.02 Å². The fraction of sp³-hybridized carbons (Fsp3) is 0.125. The van der Waals surface area contributed by atoms with E-state index in [9.17, 15) is 14.7 Å². The van der Waals surface area contributed by atoms with Gasteiger partial charge < -0.3 is 15.7 Å². The molecular weight excluding hydrogens is 304 g/mol. The monoisotopic (exact) mass is 316 g/mol. The molecule has 1 heterocycles. The van der Waals surface area contributed by atoms with Gasteiger partial charge in [0.2, 0.25) is 5.91 Å². The van der Waals surface area contributed by atoms with Crippen LogP contribution in [-0.4, -0.2) is 23.0 Å². The molecule has 3 N–H and O–H groups in total. The Labute approximate surface area is 131 Å². The van der Waals surface area contributed by atoms with Gasteiger partial charge in [0, 0.05) is 6.42 Å². The second-order valence-corrected chi connectivity index (χ2v) is 5.46. The van der Waals surface area contributed by atoms with Crippen LogP contribution in [0.15, 0.2) is 42.5 Å². The Morgan fingerprint density at radius 2 is 1.91 bits per heavy atom. The number of benzene rings is 2. The van der Waals surface area contributed by atoms with Crippen LogP contribution in [0, 0.1) is 0 Å². The number of rotatable bonds is 2. The quantitative estimate of drug-likeness (QED) is 0.795. The van der Waals surface area contributed by atoms with Crippen molar-refractivity contribution in [1.82, 2.24) is 5.32 Å². The van der Waals surface area contributed by atoms with Gasteiger partial charge in [0.15, 0.2) is 0 Å². The van der Waals surface area contributed by atoms with Crippen molar-refractivity contribution in [3.8, 4) is 5.75 Å². The van der Waals surface area contributed by atoms with E-state index >= 15 is 0 Å². The van der Waals surface area contributed by atoms with E-state index in [1.165, 1.54) is 6.07 Å². The second-order valence-electron chi connectivity index (χ2n) is 5.05. The van der Waals surface area contributed by atoms with Gasteiger partial charge in [-0.2, -0.15) is 0 Å². The average molecular weight is 317 g/mol. The van der Waals surface area contributed by atoms with E-state index in [0.717, 1.165) is 5.56 Å². The summed E-state index contributed by atoms with van der Waals surface area (Å²) < 4.78 is 0. The number of hydrogen-bond donors (Lipinski definition) is 3. The fourth-order valence-corrected chi connectivity index (χ4v) is 2.57. The Kier molecular flexibility index (Phi) is 3.73. The van der Waals surface area contributed by atoms with Crippen LogP contribution >= 0.6 is 11.6 Å². The summed E-state index contributed by atoms with van der Waals surface area (Å²) in [5.74, 6) is -0.613. The molecule has 1 aliphatic rings. The zero-order chi connectivity index (χ0) is 15.7. The van der Waals surface area contributed by atoms with Gasteiger partial charge in [-0.15, -0.1) is 0 Å². The minimum absolute atomic E-state index is 0.0211. The summed E-state index contributed by atoms with van der Waals surface area (Å²) in [7, 11) is 0. The highest BCUT2D eigenvalue weighted by Gasteiger charge is 2.27. The summed E-state index contributed by atoms with van der Waals surface area (Å²) in [5.41, 5.74) is 1.67. The maximum atomic E-state index is 12.3. The summed E-state index contributed by atoms with van der Waals surface area (Å²) in [6.07, 6.45) is 0.283. The lowest BCUT2D eigenvalue weighted by atomic mass is 10.1. The predicted octanol–water partition coefficient (Wildman–Crippen LogP) is 2.34. The van der Waals surface area contributed by atoms with E-state index in [-0.39, 0.29) is 29.0 Å². The number of nitrogens with one attached hydrogen (secondary N) is 2. The van der Waals surface area contributed by atoms with Crippen molar-refractivity contribution in [1.29, 1.82) is 0 Å². The molecule has 22 heavy (non-hydrogen) atoms. The third-order valence-corrected chi connectivity index (χ3v) is 3.81. The van der Waals surface area contributed by atoms with Crippen LogP contribution in [0.5, 0.6) is 5.75 Å². The van der Waals surface area contributed by atoms with Crippen LogP contribution < -0.4 is 10.6 Å². The first-order valence-electron chi connectivity index (χ1n) is 6.73. The molecule has 3 rings (SSSR count). The Balaban J connectivity index is 1.85. The van der Waals surface area contributed by atoms with Crippen molar-refractivity contribution in [2.45, 2.75) is 12.5 Å². The molecule has 0 aliphatic carbocycles. The Morgan fingerprint density at radius 3 is 2.68 bits per heavy atom. The number of carbonyl (C=O) groups excluding carboxylic acids is 2. The SMILES string of the molecule is O=C1N[C@H](Cc2ccc(O)c(Cl)c2)C(=O)Nc2ccccc21. The maximum absolute atomic E-state index is 12.3. The molecule has 0 spiro atoms. The summed E-state index contributed by atoms with van der Waals surface area (Å²) in [6.45, 7) is 0. The molecule has 0 saturated carbocycles. The summed E-state index contributed by atoms with van der Waals surface area (Å²) in [4.78, 5) is 24.5. The van der Waals surface area contributed by atoms with Gasteiger partial charge in [-0.1, -0.05) is 29.8 Å². The molecule has 5 nitrogen and oxygen atoms in total. The number of fused-ring (bicyclic) bond motifs is 1.